The van der Waals surface area contributed by atoms with E-state index in [1.165, 1.54) is 15.9 Å². The number of para-hydroxylation sites is 1. The summed E-state index contributed by atoms with van der Waals surface area (Å²) in [5.41, 5.74) is 1.43. The number of benzene rings is 2. The quantitative estimate of drug-likeness (QED) is 0.793. The summed E-state index contributed by atoms with van der Waals surface area (Å²) in [4.78, 5) is 32.1. The van der Waals surface area contributed by atoms with Crippen molar-refractivity contribution in [2.24, 2.45) is 0 Å². The normalized spacial score (nSPS) is 17.2. The molecule has 0 spiro atoms. The van der Waals surface area contributed by atoms with Crippen molar-refractivity contribution in [3.63, 3.8) is 0 Å². The fourth-order valence-electron chi connectivity index (χ4n) is 3.74. The molecule has 2 aromatic rings. The van der Waals surface area contributed by atoms with Gasteiger partial charge in [0.25, 0.3) is 0 Å². The maximum Gasteiger partial charge on any atom is 0.325 e. The molecule has 0 saturated carbocycles. The van der Waals surface area contributed by atoms with Crippen LogP contribution in [0.1, 0.15) is 0 Å². The van der Waals surface area contributed by atoms with E-state index in [4.69, 9.17) is 0 Å². The van der Waals surface area contributed by atoms with Crippen molar-refractivity contribution in [2.75, 3.05) is 55.6 Å². The number of piperazine rings is 1. The Kier molecular flexibility index (Phi) is 5.33. The van der Waals surface area contributed by atoms with Gasteiger partial charge in [0.2, 0.25) is 5.91 Å². The van der Waals surface area contributed by atoms with Gasteiger partial charge in [-0.05, 0) is 24.3 Å². The molecular weight excluding hydrogens is 378 g/mol. The third kappa shape index (κ3) is 4.01. The van der Waals surface area contributed by atoms with Crippen LogP contribution in [0.25, 0.3) is 0 Å². The van der Waals surface area contributed by atoms with Crippen LogP contribution in [0.4, 0.5) is 25.0 Å². The summed E-state index contributed by atoms with van der Waals surface area (Å²) >= 11 is 0. The average Bonchev–Trinajstić information content (AvgIpc) is 3.11. The van der Waals surface area contributed by atoms with E-state index in [1.807, 2.05) is 30.3 Å². The van der Waals surface area contributed by atoms with E-state index in [1.54, 1.807) is 4.90 Å². The fraction of sp³-hybridized carbons (Fsp3) is 0.333. The molecule has 2 aromatic carbocycles. The van der Waals surface area contributed by atoms with Crippen LogP contribution < -0.4 is 9.80 Å². The number of hydrogen-bond donors (Lipinski definition) is 0. The van der Waals surface area contributed by atoms with Crippen LogP contribution in [0.2, 0.25) is 0 Å². The fourth-order valence-corrected chi connectivity index (χ4v) is 3.74. The zero-order valence-electron chi connectivity index (χ0n) is 15.9. The molecule has 8 heteroatoms. The van der Waals surface area contributed by atoms with Crippen molar-refractivity contribution in [2.45, 2.75) is 0 Å². The molecule has 0 N–H and O–H groups in total. The first kappa shape index (κ1) is 19.2. The number of hydrogen-bond acceptors (Lipinski definition) is 3. The first-order chi connectivity index (χ1) is 14.0. The Balaban J connectivity index is 1.32. The summed E-state index contributed by atoms with van der Waals surface area (Å²) in [5.74, 6) is -2.05. The Hall–Kier alpha value is -3.16. The number of amides is 3. The maximum atomic E-state index is 13.5. The number of anilines is 2. The van der Waals surface area contributed by atoms with E-state index in [2.05, 4.69) is 4.90 Å². The highest BCUT2D eigenvalue weighted by Gasteiger charge is 2.33. The van der Waals surface area contributed by atoms with Gasteiger partial charge in [-0.1, -0.05) is 18.2 Å². The van der Waals surface area contributed by atoms with E-state index in [-0.39, 0.29) is 18.5 Å². The van der Waals surface area contributed by atoms with Gasteiger partial charge in [0, 0.05) is 56.7 Å². The number of urea groups is 1. The van der Waals surface area contributed by atoms with Crippen LogP contribution in [-0.4, -0.2) is 67.6 Å². The van der Waals surface area contributed by atoms with E-state index in [0.717, 1.165) is 30.9 Å². The predicted molar refractivity (Wildman–Crippen MR) is 106 cm³/mol. The third-order valence-corrected chi connectivity index (χ3v) is 5.39. The van der Waals surface area contributed by atoms with Gasteiger partial charge in [-0.25, -0.2) is 13.6 Å². The Labute approximate surface area is 167 Å². The zero-order valence-corrected chi connectivity index (χ0v) is 15.9. The summed E-state index contributed by atoms with van der Waals surface area (Å²) in [6.07, 6.45) is 0. The molecule has 6 nitrogen and oxygen atoms in total. The van der Waals surface area contributed by atoms with E-state index in [9.17, 15) is 18.4 Å². The van der Waals surface area contributed by atoms with E-state index in [0.29, 0.717) is 31.9 Å². The average molecular weight is 400 g/mol. The minimum atomic E-state index is -0.999. The number of carbonyl (C=O) groups excluding carboxylic acids is 2. The lowest BCUT2D eigenvalue weighted by atomic mass is 10.2. The van der Waals surface area contributed by atoms with Crippen molar-refractivity contribution in [3.8, 4) is 0 Å². The lowest BCUT2D eigenvalue weighted by Crippen LogP contribution is -2.51. The number of rotatable bonds is 4. The number of halogens is 2. The summed E-state index contributed by atoms with van der Waals surface area (Å²) in [5, 5.41) is 0. The number of carbonyl (C=O) groups is 2. The molecule has 2 fully saturated rings. The summed E-state index contributed by atoms with van der Waals surface area (Å²) in [6, 6.07) is 13.0. The first-order valence-corrected chi connectivity index (χ1v) is 9.62. The van der Waals surface area contributed by atoms with Crippen molar-refractivity contribution in [1.82, 2.24) is 9.80 Å². The van der Waals surface area contributed by atoms with Crippen LogP contribution in [0.5, 0.6) is 0 Å². The van der Waals surface area contributed by atoms with Crippen molar-refractivity contribution >= 4 is 23.3 Å². The van der Waals surface area contributed by atoms with Crippen LogP contribution in [0, 0.1) is 11.6 Å². The monoisotopic (exact) mass is 400 g/mol. The van der Waals surface area contributed by atoms with Gasteiger partial charge in [0.05, 0.1) is 0 Å². The molecule has 2 heterocycles. The molecule has 0 bridgehead atoms. The van der Waals surface area contributed by atoms with Gasteiger partial charge in [0.1, 0.15) is 6.54 Å². The molecule has 2 aliphatic rings. The molecule has 0 unspecified atom stereocenters. The molecule has 0 aromatic heterocycles. The predicted octanol–water partition coefficient (Wildman–Crippen LogP) is 2.56. The second kappa shape index (κ2) is 8.06. The molecule has 4 rings (SSSR count). The number of nitrogens with zero attached hydrogens (tertiary/aromatic N) is 4. The van der Waals surface area contributed by atoms with Gasteiger partial charge in [-0.3, -0.25) is 9.69 Å². The maximum absolute atomic E-state index is 13.5. The molecule has 29 heavy (non-hydrogen) atoms. The van der Waals surface area contributed by atoms with Crippen molar-refractivity contribution < 1.29 is 18.4 Å². The highest BCUT2D eigenvalue weighted by atomic mass is 19.2. The molecule has 0 atom stereocenters. The molecule has 152 valence electrons. The zero-order chi connectivity index (χ0) is 20.4. The minimum absolute atomic E-state index is 0.00958. The van der Waals surface area contributed by atoms with Crippen LogP contribution in [0.15, 0.2) is 48.5 Å². The smallest absolute Gasteiger partial charge is 0.325 e. The van der Waals surface area contributed by atoms with Crippen molar-refractivity contribution in [3.05, 3.63) is 60.2 Å². The van der Waals surface area contributed by atoms with Crippen molar-refractivity contribution in [1.29, 1.82) is 0 Å². The minimum Gasteiger partial charge on any atom is -0.368 e. The summed E-state index contributed by atoms with van der Waals surface area (Å²) in [7, 11) is 0. The van der Waals surface area contributed by atoms with Gasteiger partial charge in [-0.2, -0.15) is 0 Å². The molecule has 2 aliphatic heterocycles. The topological polar surface area (TPSA) is 47.1 Å². The Bertz CT molecular complexity index is 901. The highest BCUT2D eigenvalue weighted by Crippen LogP contribution is 2.23. The lowest BCUT2D eigenvalue weighted by molar-refractivity contribution is -0.131. The van der Waals surface area contributed by atoms with Crippen LogP contribution in [-0.2, 0) is 4.79 Å². The largest absolute Gasteiger partial charge is 0.368 e. The van der Waals surface area contributed by atoms with Gasteiger partial charge in [-0.15, -0.1) is 0 Å². The Morgan fingerprint density at radius 2 is 1.55 bits per heavy atom. The highest BCUT2D eigenvalue weighted by molar-refractivity contribution is 5.96. The molecule has 0 radical (unpaired) electrons. The standard InChI is InChI=1S/C21H22F2N4O2/c22-18-7-6-17(14-19(18)23)27-13-12-26(21(27)29)15-20(28)25-10-8-24(9-11-25)16-4-2-1-3-5-16/h1-7,14H,8-13,15H2. The lowest BCUT2D eigenvalue weighted by Gasteiger charge is -2.36. The summed E-state index contributed by atoms with van der Waals surface area (Å²) < 4.78 is 26.6. The Morgan fingerprint density at radius 3 is 2.24 bits per heavy atom. The van der Waals surface area contributed by atoms with Crippen LogP contribution >= 0.6 is 0 Å². The first-order valence-electron chi connectivity index (χ1n) is 9.62. The van der Waals surface area contributed by atoms with Crippen LogP contribution in [0.3, 0.4) is 0 Å². The van der Waals surface area contributed by atoms with E-state index < -0.39 is 11.6 Å². The van der Waals surface area contributed by atoms with Gasteiger partial charge >= 0.3 is 6.03 Å². The molecule has 2 saturated heterocycles. The SMILES string of the molecule is O=C(CN1CCN(c2ccc(F)c(F)c2)C1=O)N1CCN(c2ccccc2)CC1. The molecular formula is C21H22F2N4O2. The van der Waals surface area contributed by atoms with E-state index >= 15 is 0 Å². The summed E-state index contributed by atoms with van der Waals surface area (Å²) in [6.45, 7) is 3.37. The second-order valence-corrected chi connectivity index (χ2v) is 7.16. The molecule has 3 amide bonds. The molecule has 0 aliphatic carbocycles. The van der Waals surface area contributed by atoms with Gasteiger partial charge in [0.15, 0.2) is 11.6 Å². The second-order valence-electron chi connectivity index (χ2n) is 7.16. The third-order valence-electron chi connectivity index (χ3n) is 5.39. The van der Waals surface area contributed by atoms with Gasteiger partial charge < -0.3 is 14.7 Å². The Morgan fingerprint density at radius 1 is 0.828 bits per heavy atom.